The van der Waals surface area contributed by atoms with Crippen molar-refractivity contribution in [1.29, 1.82) is 0 Å². The van der Waals surface area contributed by atoms with Gasteiger partial charge in [0.1, 0.15) is 5.60 Å². The van der Waals surface area contributed by atoms with Gasteiger partial charge in [-0.25, -0.2) is 9.59 Å². The average molecular weight is 577 g/mol. The summed E-state index contributed by atoms with van der Waals surface area (Å²) in [5, 5.41) is 3.68. The highest BCUT2D eigenvalue weighted by molar-refractivity contribution is 5.94. The Balaban J connectivity index is 1.96. The zero-order valence-electron chi connectivity index (χ0n) is 23.6. The fraction of sp³-hybridized carbons (Fsp3) is 0.731. The molecule has 40 heavy (non-hydrogen) atoms. The Morgan fingerprint density at radius 1 is 0.925 bits per heavy atom. The lowest BCUT2D eigenvalue weighted by Gasteiger charge is -2.35. The van der Waals surface area contributed by atoms with Gasteiger partial charge in [-0.2, -0.15) is 13.2 Å². The minimum absolute atomic E-state index is 0.0157. The van der Waals surface area contributed by atoms with Crippen molar-refractivity contribution in [3.05, 3.63) is 12.2 Å². The molecule has 0 unspecified atom stereocenters. The maximum Gasteiger partial charge on any atom is 0.471 e. The molecule has 0 aromatic carbocycles. The van der Waals surface area contributed by atoms with Crippen molar-refractivity contribution < 1.29 is 46.6 Å². The van der Waals surface area contributed by atoms with Crippen LogP contribution in [0.2, 0.25) is 0 Å². The number of hydrogen-bond acceptors (Lipinski definition) is 7. The topological polar surface area (TPSA) is 134 Å². The van der Waals surface area contributed by atoms with E-state index < -0.39 is 41.1 Å². The number of rotatable bonds is 7. The molecule has 2 N–H and O–H groups in total. The molecule has 14 heteroatoms. The molecular formula is C26H39F3N4O7. The smallest absolute Gasteiger partial charge is 0.463 e. The van der Waals surface area contributed by atoms with Crippen molar-refractivity contribution in [2.45, 2.75) is 77.7 Å². The summed E-state index contributed by atoms with van der Waals surface area (Å²) in [5.41, 5.74) is -3.04. The summed E-state index contributed by atoms with van der Waals surface area (Å²) >= 11 is 0. The van der Waals surface area contributed by atoms with Crippen LogP contribution in [0, 0.1) is 11.8 Å². The van der Waals surface area contributed by atoms with Gasteiger partial charge in [-0.15, -0.1) is 0 Å². The monoisotopic (exact) mass is 576 g/mol. The fourth-order valence-corrected chi connectivity index (χ4v) is 4.37. The highest BCUT2D eigenvalue weighted by Gasteiger charge is 2.47. The quantitative estimate of drug-likeness (QED) is 0.270. The Morgan fingerprint density at radius 2 is 1.55 bits per heavy atom. The SMILES string of the molecule is CCOC(=O)[C@](C)(NC(=O)[C@@H]1CCCN(C(=O)/C=C/C2CCN(C(=O)OC(C)(C)C)CC2)C1)NC(=O)C(F)(F)F. The highest BCUT2D eigenvalue weighted by atomic mass is 19.4. The number of carbonyl (C=O) groups excluding carboxylic acids is 5. The first-order valence-corrected chi connectivity index (χ1v) is 13.3. The Hall–Kier alpha value is -3.32. The standard InChI is InChI=1S/C26H39F3N4O7/c1-6-39-22(37)25(5,31-21(36)26(27,28)29)30-20(35)18-8-7-13-33(16-18)19(34)10-9-17-11-14-32(15-12-17)23(38)40-24(2,3)4/h9-10,17-18H,6-8,11-16H2,1-5H3,(H,30,35)(H,31,36)/b10-9+/t18-,25-/m1/s1. The molecule has 0 aliphatic carbocycles. The van der Waals surface area contributed by atoms with Crippen LogP contribution < -0.4 is 10.6 Å². The lowest BCUT2D eigenvalue weighted by Crippen LogP contribution is -2.67. The molecule has 2 aliphatic rings. The van der Waals surface area contributed by atoms with E-state index >= 15 is 0 Å². The first kappa shape index (κ1) is 32.9. The summed E-state index contributed by atoms with van der Waals surface area (Å²) in [5.74, 6) is -5.54. The maximum absolute atomic E-state index is 12.9. The van der Waals surface area contributed by atoms with Gasteiger partial charge in [-0.1, -0.05) is 6.08 Å². The first-order valence-electron chi connectivity index (χ1n) is 13.3. The minimum Gasteiger partial charge on any atom is -0.463 e. The molecule has 2 rings (SSSR count). The van der Waals surface area contributed by atoms with E-state index in [0.717, 1.165) is 6.92 Å². The number of ether oxygens (including phenoxy) is 2. The molecule has 11 nitrogen and oxygen atoms in total. The van der Waals surface area contributed by atoms with Crippen LogP contribution >= 0.6 is 0 Å². The number of piperidine rings is 2. The van der Waals surface area contributed by atoms with E-state index in [9.17, 15) is 37.1 Å². The van der Waals surface area contributed by atoms with E-state index in [2.05, 4.69) is 5.32 Å². The number of nitrogens with one attached hydrogen (secondary N) is 2. The second kappa shape index (κ2) is 13.4. The van der Waals surface area contributed by atoms with Gasteiger partial charge in [-0.3, -0.25) is 14.4 Å². The van der Waals surface area contributed by atoms with Crippen LogP contribution in [-0.4, -0.2) is 89.8 Å². The zero-order valence-corrected chi connectivity index (χ0v) is 23.6. The number of allylic oxidation sites excluding steroid dienone is 1. The molecule has 0 radical (unpaired) electrons. The molecule has 226 valence electrons. The first-order chi connectivity index (χ1) is 18.4. The summed E-state index contributed by atoms with van der Waals surface area (Å²) in [6.07, 6.45) is -0.352. The molecule has 2 atom stereocenters. The van der Waals surface area contributed by atoms with Crippen LogP contribution in [0.1, 0.15) is 60.3 Å². The fourth-order valence-electron chi connectivity index (χ4n) is 4.37. The highest BCUT2D eigenvalue weighted by Crippen LogP contribution is 2.23. The average Bonchev–Trinajstić information content (AvgIpc) is 2.86. The van der Waals surface area contributed by atoms with Gasteiger partial charge in [0.05, 0.1) is 12.5 Å². The molecule has 2 saturated heterocycles. The molecular weight excluding hydrogens is 537 g/mol. The molecule has 0 spiro atoms. The van der Waals surface area contributed by atoms with E-state index in [0.29, 0.717) is 45.3 Å². The Kier molecular flexibility index (Phi) is 11.0. The Labute approximate surface area is 231 Å². The molecule has 0 aromatic rings. The zero-order chi connectivity index (χ0) is 30.3. The van der Waals surface area contributed by atoms with E-state index in [-0.39, 0.29) is 31.1 Å². The number of halogens is 3. The third-order valence-electron chi connectivity index (χ3n) is 6.48. The van der Waals surface area contributed by atoms with Crippen molar-refractivity contribution in [3.63, 3.8) is 0 Å². The predicted molar refractivity (Wildman–Crippen MR) is 136 cm³/mol. The summed E-state index contributed by atoms with van der Waals surface area (Å²) in [6.45, 7) is 8.89. The van der Waals surface area contributed by atoms with E-state index in [4.69, 9.17) is 9.47 Å². The number of nitrogens with zero attached hydrogens (tertiary/aromatic N) is 2. The largest absolute Gasteiger partial charge is 0.471 e. The number of likely N-dealkylation sites (tertiary alicyclic amines) is 2. The molecule has 0 saturated carbocycles. The van der Waals surface area contributed by atoms with Gasteiger partial charge in [0.2, 0.25) is 17.5 Å². The van der Waals surface area contributed by atoms with Crippen molar-refractivity contribution in [2.24, 2.45) is 11.8 Å². The summed E-state index contributed by atoms with van der Waals surface area (Å²) in [7, 11) is 0. The van der Waals surface area contributed by atoms with E-state index in [1.165, 1.54) is 23.2 Å². The lowest BCUT2D eigenvalue weighted by molar-refractivity contribution is -0.179. The predicted octanol–water partition coefficient (Wildman–Crippen LogP) is 2.50. The maximum atomic E-state index is 12.9. The van der Waals surface area contributed by atoms with Crippen LogP contribution in [0.4, 0.5) is 18.0 Å². The third kappa shape index (κ3) is 9.70. The molecule has 2 aliphatic heterocycles. The van der Waals surface area contributed by atoms with Crippen molar-refractivity contribution >= 4 is 29.8 Å². The van der Waals surface area contributed by atoms with Gasteiger partial charge < -0.3 is 29.9 Å². The van der Waals surface area contributed by atoms with Crippen molar-refractivity contribution in [3.8, 4) is 0 Å². The minimum atomic E-state index is -5.29. The van der Waals surface area contributed by atoms with Crippen LogP contribution in [0.25, 0.3) is 0 Å². The molecule has 4 amide bonds. The van der Waals surface area contributed by atoms with Crippen LogP contribution in [0.15, 0.2) is 12.2 Å². The van der Waals surface area contributed by atoms with Gasteiger partial charge in [-0.05, 0) is 72.3 Å². The van der Waals surface area contributed by atoms with E-state index in [1.807, 2.05) is 0 Å². The number of esters is 1. The second-order valence-corrected chi connectivity index (χ2v) is 11.1. The van der Waals surface area contributed by atoms with Gasteiger partial charge >= 0.3 is 24.1 Å². The number of alkyl halides is 3. The van der Waals surface area contributed by atoms with E-state index in [1.54, 1.807) is 31.7 Å². The van der Waals surface area contributed by atoms with Gasteiger partial charge in [0.25, 0.3) is 0 Å². The second-order valence-electron chi connectivity index (χ2n) is 11.1. The lowest BCUT2D eigenvalue weighted by atomic mass is 9.95. The normalized spacial score (nSPS) is 20.4. The Bertz CT molecular complexity index is 988. The summed E-state index contributed by atoms with van der Waals surface area (Å²) in [4.78, 5) is 65.0. The number of amides is 4. The van der Waals surface area contributed by atoms with Gasteiger partial charge in [0, 0.05) is 26.2 Å². The molecule has 2 fully saturated rings. The Morgan fingerprint density at radius 3 is 2.10 bits per heavy atom. The van der Waals surface area contributed by atoms with Crippen molar-refractivity contribution in [1.82, 2.24) is 20.4 Å². The molecule has 2 heterocycles. The molecule has 0 bridgehead atoms. The van der Waals surface area contributed by atoms with Gasteiger partial charge in [0.15, 0.2) is 0 Å². The van der Waals surface area contributed by atoms with Crippen molar-refractivity contribution in [2.75, 3.05) is 32.8 Å². The summed E-state index contributed by atoms with van der Waals surface area (Å²) in [6, 6.07) is 0. The van der Waals surface area contributed by atoms with Crippen LogP contribution in [-0.2, 0) is 28.7 Å². The number of hydrogen-bond donors (Lipinski definition) is 2. The molecule has 0 aromatic heterocycles. The van der Waals surface area contributed by atoms with Crippen LogP contribution in [0.3, 0.4) is 0 Å². The van der Waals surface area contributed by atoms with Crippen LogP contribution in [0.5, 0.6) is 0 Å². The third-order valence-corrected chi connectivity index (χ3v) is 6.48. The number of carbonyl (C=O) groups is 5. The summed E-state index contributed by atoms with van der Waals surface area (Å²) < 4.78 is 48.6.